The number of carboxylic acids is 1. The van der Waals surface area contributed by atoms with E-state index in [4.69, 9.17) is 4.74 Å². The van der Waals surface area contributed by atoms with Crippen molar-refractivity contribution in [3.8, 4) is 16.9 Å². The molecule has 40 heavy (non-hydrogen) atoms. The van der Waals surface area contributed by atoms with Crippen molar-refractivity contribution in [1.82, 2.24) is 0 Å². The summed E-state index contributed by atoms with van der Waals surface area (Å²) >= 11 is 3.68. The van der Waals surface area contributed by atoms with Gasteiger partial charge in [0.05, 0.1) is 11.1 Å². The molecule has 0 radical (unpaired) electrons. The highest BCUT2D eigenvalue weighted by molar-refractivity contribution is 9.10. The molecule has 0 spiro atoms. The average molecular weight is 618 g/mol. The molecule has 3 nitrogen and oxygen atoms in total. The number of ether oxygens (including phenoxy) is 1. The topological polar surface area (TPSA) is 46.5 Å². The van der Waals surface area contributed by atoms with Crippen LogP contribution in [0.3, 0.4) is 0 Å². The van der Waals surface area contributed by atoms with E-state index in [-0.39, 0.29) is 18.3 Å². The summed E-state index contributed by atoms with van der Waals surface area (Å²) in [5, 5.41) is 9.80. The van der Waals surface area contributed by atoms with Gasteiger partial charge in [-0.25, -0.2) is 9.18 Å². The van der Waals surface area contributed by atoms with Crippen molar-refractivity contribution in [3.63, 3.8) is 0 Å². The first-order valence-electron chi connectivity index (χ1n) is 15.8. The first-order chi connectivity index (χ1) is 19.4. The van der Waals surface area contributed by atoms with Gasteiger partial charge in [0.2, 0.25) is 5.67 Å². The third-order valence-corrected chi connectivity index (χ3v) is 9.46. The minimum atomic E-state index is -2.09. The van der Waals surface area contributed by atoms with Crippen molar-refractivity contribution >= 4 is 21.9 Å². The van der Waals surface area contributed by atoms with Crippen LogP contribution in [0.15, 0.2) is 46.9 Å². The molecule has 0 aromatic heterocycles. The molecule has 0 saturated heterocycles. The second-order valence-electron chi connectivity index (χ2n) is 11.8. The van der Waals surface area contributed by atoms with E-state index in [9.17, 15) is 9.90 Å². The van der Waals surface area contributed by atoms with Gasteiger partial charge in [-0.1, -0.05) is 108 Å². The van der Waals surface area contributed by atoms with Gasteiger partial charge in [0.25, 0.3) is 0 Å². The standard InChI is InChI=1S/C35H50BrFO3/c1-3-5-6-7-8-9-13-24-40-33-23-22-30(25-32(33)36)29-20-18-28(19-21-29)17-16-27(4-2)26-35(37,34(38)39)31-14-11-10-12-15-31/h18-23,25,27,31H,3-17,24,26H2,1-2H3,(H,38,39)/t27?,35-/m0/s1. The number of aryl methyl sites for hydroxylation is 1. The predicted octanol–water partition coefficient (Wildman–Crippen LogP) is 11.0. The fourth-order valence-corrected chi connectivity index (χ4v) is 6.63. The normalized spacial score (nSPS) is 16.4. The van der Waals surface area contributed by atoms with Gasteiger partial charge in [0, 0.05) is 5.92 Å². The molecule has 5 heteroatoms. The highest BCUT2D eigenvalue weighted by Gasteiger charge is 2.47. The van der Waals surface area contributed by atoms with Crippen LogP contribution in [0, 0.1) is 11.8 Å². The summed E-state index contributed by atoms with van der Waals surface area (Å²) in [5.41, 5.74) is 1.38. The van der Waals surface area contributed by atoms with Crippen LogP contribution in [0.4, 0.5) is 4.39 Å². The summed E-state index contributed by atoms with van der Waals surface area (Å²) in [6, 6.07) is 14.8. The Morgan fingerprint density at radius 2 is 1.62 bits per heavy atom. The maximum absolute atomic E-state index is 15.8. The lowest BCUT2D eigenvalue weighted by molar-refractivity contribution is -0.158. The second kappa shape index (κ2) is 17.2. The number of aliphatic carboxylic acids is 1. The van der Waals surface area contributed by atoms with Gasteiger partial charge in [-0.15, -0.1) is 0 Å². The summed E-state index contributed by atoms with van der Waals surface area (Å²) in [6.45, 7) is 5.05. The van der Waals surface area contributed by atoms with Crippen LogP contribution in [0.25, 0.3) is 11.1 Å². The van der Waals surface area contributed by atoms with E-state index in [1.54, 1.807) is 0 Å². The zero-order chi connectivity index (χ0) is 28.8. The molecule has 0 bridgehead atoms. The quantitative estimate of drug-likeness (QED) is 0.169. The molecule has 2 atom stereocenters. The van der Waals surface area contributed by atoms with Gasteiger partial charge < -0.3 is 9.84 Å². The van der Waals surface area contributed by atoms with Gasteiger partial charge in [0.15, 0.2) is 0 Å². The third-order valence-electron chi connectivity index (χ3n) is 8.84. The maximum atomic E-state index is 15.8. The smallest absolute Gasteiger partial charge is 0.341 e. The largest absolute Gasteiger partial charge is 0.492 e. The molecule has 2 aromatic carbocycles. The Balaban J connectivity index is 1.49. The SMILES string of the molecule is CCCCCCCCCOc1ccc(-c2ccc(CCC(CC)C[C@@](F)(C(=O)O)C3CCCCC3)cc2)cc1Br. The molecule has 0 amide bonds. The minimum absolute atomic E-state index is 0.0623. The maximum Gasteiger partial charge on any atom is 0.341 e. The number of hydrogen-bond acceptors (Lipinski definition) is 2. The van der Waals surface area contributed by atoms with Gasteiger partial charge in [-0.05, 0) is 89.2 Å². The Hall–Kier alpha value is -1.88. The number of halogens is 2. The summed E-state index contributed by atoms with van der Waals surface area (Å²) < 4.78 is 22.8. The van der Waals surface area contributed by atoms with Crippen LogP contribution < -0.4 is 4.74 Å². The van der Waals surface area contributed by atoms with Crippen LogP contribution in [-0.4, -0.2) is 23.4 Å². The Bertz CT molecular complexity index is 1020. The minimum Gasteiger partial charge on any atom is -0.492 e. The van der Waals surface area contributed by atoms with E-state index in [0.717, 1.165) is 72.9 Å². The zero-order valence-electron chi connectivity index (χ0n) is 24.7. The number of carboxylic acid groups (broad SMARTS) is 1. The molecule has 3 rings (SSSR count). The van der Waals surface area contributed by atoms with Gasteiger partial charge in [0.1, 0.15) is 5.75 Å². The van der Waals surface area contributed by atoms with Crippen molar-refractivity contribution < 1.29 is 19.0 Å². The fraction of sp³-hybridized carbons (Fsp3) is 0.629. The zero-order valence-corrected chi connectivity index (χ0v) is 26.3. The lowest BCUT2D eigenvalue weighted by Gasteiger charge is -2.35. The van der Waals surface area contributed by atoms with E-state index in [0.29, 0.717) is 12.8 Å². The van der Waals surface area contributed by atoms with E-state index >= 15 is 4.39 Å². The molecule has 1 saturated carbocycles. The molecule has 1 N–H and O–H groups in total. The molecule has 1 fully saturated rings. The third kappa shape index (κ3) is 9.89. The summed E-state index contributed by atoms with van der Waals surface area (Å²) in [7, 11) is 0. The van der Waals surface area contributed by atoms with Crippen molar-refractivity contribution in [2.45, 2.75) is 122 Å². The van der Waals surface area contributed by atoms with Crippen LogP contribution in [0.2, 0.25) is 0 Å². The highest BCUT2D eigenvalue weighted by Crippen LogP contribution is 2.41. The Morgan fingerprint density at radius 3 is 2.25 bits per heavy atom. The monoisotopic (exact) mass is 616 g/mol. The number of carbonyl (C=O) groups is 1. The highest BCUT2D eigenvalue weighted by atomic mass is 79.9. The summed E-state index contributed by atoms with van der Waals surface area (Å²) in [5.74, 6) is -0.658. The first-order valence-corrected chi connectivity index (χ1v) is 16.6. The Morgan fingerprint density at radius 1 is 0.975 bits per heavy atom. The fourth-order valence-electron chi connectivity index (χ4n) is 6.13. The van der Waals surface area contributed by atoms with Crippen LogP contribution >= 0.6 is 15.9 Å². The van der Waals surface area contributed by atoms with Crippen molar-refractivity contribution in [1.29, 1.82) is 0 Å². The number of rotatable bonds is 18. The molecule has 1 aliphatic rings. The summed E-state index contributed by atoms with van der Waals surface area (Å²) in [6.07, 6.45) is 15.8. The Labute approximate surface area is 250 Å². The predicted molar refractivity (Wildman–Crippen MR) is 168 cm³/mol. The van der Waals surface area contributed by atoms with E-state index in [1.165, 1.54) is 44.1 Å². The molecular weight excluding hydrogens is 567 g/mol. The summed E-state index contributed by atoms with van der Waals surface area (Å²) in [4.78, 5) is 12.0. The molecule has 0 aliphatic heterocycles. The number of benzene rings is 2. The van der Waals surface area contributed by atoms with Crippen molar-refractivity contribution in [2.75, 3.05) is 6.61 Å². The van der Waals surface area contributed by atoms with Gasteiger partial charge in [-0.3, -0.25) is 0 Å². The Kier molecular flexibility index (Phi) is 14.0. The van der Waals surface area contributed by atoms with Crippen molar-refractivity contribution in [2.24, 2.45) is 11.8 Å². The first kappa shape index (κ1) is 32.6. The number of hydrogen-bond donors (Lipinski definition) is 1. The molecule has 1 unspecified atom stereocenters. The van der Waals surface area contributed by atoms with Crippen LogP contribution in [-0.2, 0) is 11.2 Å². The van der Waals surface area contributed by atoms with E-state index in [1.807, 2.05) is 6.07 Å². The lowest BCUT2D eigenvalue weighted by Crippen LogP contribution is -2.44. The van der Waals surface area contributed by atoms with Gasteiger partial charge >= 0.3 is 5.97 Å². The van der Waals surface area contributed by atoms with Crippen LogP contribution in [0.1, 0.15) is 116 Å². The molecular formula is C35H50BrFO3. The molecule has 222 valence electrons. The van der Waals surface area contributed by atoms with E-state index in [2.05, 4.69) is 66.2 Å². The lowest BCUT2D eigenvalue weighted by atomic mass is 9.73. The molecule has 1 aliphatic carbocycles. The second-order valence-corrected chi connectivity index (χ2v) is 12.7. The molecule has 0 heterocycles. The average Bonchev–Trinajstić information content (AvgIpc) is 2.97. The van der Waals surface area contributed by atoms with Crippen LogP contribution in [0.5, 0.6) is 5.75 Å². The van der Waals surface area contributed by atoms with Crippen molar-refractivity contribution in [3.05, 3.63) is 52.5 Å². The number of unbranched alkanes of at least 4 members (excludes halogenated alkanes) is 6. The molecule has 2 aromatic rings. The van der Waals surface area contributed by atoms with Gasteiger partial charge in [-0.2, -0.15) is 0 Å². The number of alkyl halides is 1. The van der Waals surface area contributed by atoms with E-state index < -0.39 is 11.6 Å².